The van der Waals surface area contributed by atoms with Gasteiger partial charge in [-0.3, -0.25) is 9.79 Å². The van der Waals surface area contributed by atoms with E-state index in [0.29, 0.717) is 23.1 Å². The lowest BCUT2D eigenvalue weighted by Crippen LogP contribution is -2.46. The van der Waals surface area contributed by atoms with Crippen LogP contribution in [0, 0.1) is 5.92 Å². The van der Waals surface area contributed by atoms with Crippen LogP contribution in [0.4, 0.5) is 11.5 Å². The van der Waals surface area contributed by atoms with E-state index < -0.39 is 6.04 Å². The number of methoxy groups -OCH3 is 1. The lowest BCUT2D eigenvalue weighted by Gasteiger charge is -2.32. The Balaban J connectivity index is 1.96. The van der Waals surface area contributed by atoms with E-state index in [4.69, 9.17) is 14.7 Å². The van der Waals surface area contributed by atoms with Crippen LogP contribution in [0.25, 0.3) is 0 Å². The lowest BCUT2D eigenvalue weighted by atomic mass is 10.0. The number of fused-ring (bicyclic) bond motifs is 1. The molecule has 0 saturated heterocycles. The van der Waals surface area contributed by atoms with Gasteiger partial charge in [-0.15, -0.1) is 0 Å². The maximum Gasteiger partial charge on any atom is 0.247 e. The van der Waals surface area contributed by atoms with E-state index in [9.17, 15) is 4.79 Å². The molecule has 1 aliphatic rings. The SMILES string of the molecule is C=CN=C(C=C)c1nc2c(c(N(C)C(C(=O)Nc3ccc(OC)nc3)C(C)C)n1)CCC2. The Morgan fingerprint density at radius 3 is 2.66 bits per heavy atom. The second-order valence-electron chi connectivity index (χ2n) is 7.93. The molecule has 2 heterocycles. The number of anilines is 2. The summed E-state index contributed by atoms with van der Waals surface area (Å²) in [5.41, 5.74) is 3.25. The zero-order chi connectivity index (χ0) is 23.3. The van der Waals surface area contributed by atoms with Crippen LogP contribution >= 0.6 is 0 Å². The first kappa shape index (κ1) is 23.1. The zero-order valence-corrected chi connectivity index (χ0v) is 19.1. The Morgan fingerprint density at radius 1 is 1.28 bits per heavy atom. The van der Waals surface area contributed by atoms with Gasteiger partial charge in [0, 0.05) is 30.6 Å². The first-order valence-electron chi connectivity index (χ1n) is 10.6. The quantitative estimate of drug-likeness (QED) is 0.607. The summed E-state index contributed by atoms with van der Waals surface area (Å²) in [5, 5.41) is 2.97. The molecule has 1 unspecified atom stereocenters. The molecule has 1 N–H and O–H groups in total. The van der Waals surface area contributed by atoms with E-state index in [1.165, 1.54) is 6.20 Å². The summed E-state index contributed by atoms with van der Waals surface area (Å²) in [6, 6.07) is 3.03. The van der Waals surface area contributed by atoms with E-state index in [1.54, 1.807) is 31.5 Å². The fourth-order valence-corrected chi connectivity index (χ4v) is 3.97. The van der Waals surface area contributed by atoms with Gasteiger partial charge in [-0.05, 0) is 37.3 Å². The molecule has 8 heteroatoms. The topological polar surface area (TPSA) is 92.6 Å². The van der Waals surface area contributed by atoms with Crippen LogP contribution in [-0.4, -0.2) is 46.8 Å². The molecule has 32 heavy (non-hydrogen) atoms. The Hall–Kier alpha value is -3.55. The summed E-state index contributed by atoms with van der Waals surface area (Å²) in [7, 11) is 3.45. The summed E-state index contributed by atoms with van der Waals surface area (Å²) in [4.78, 5) is 33.2. The predicted octanol–water partition coefficient (Wildman–Crippen LogP) is 3.59. The minimum Gasteiger partial charge on any atom is -0.481 e. The highest BCUT2D eigenvalue weighted by atomic mass is 16.5. The maximum atomic E-state index is 13.3. The smallest absolute Gasteiger partial charge is 0.247 e. The van der Waals surface area contributed by atoms with Gasteiger partial charge in [-0.1, -0.05) is 27.0 Å². The number of ether oxygens (including phenoxy) is 1. The molecule has 8 nitrogen and oxygen atoms in total. The Kier molecular flexibility index (Phi) is 7.35. The van der Waals surface area contributed by atoms with Crippen LogP contribution in [0.3, 0.4) is 0 Å². The number of allylic oxidation sites excluding steroid dienone is 1. The van der Waals surface area contributed by atoms with Gasteiger partial charge in [0.25, 0.3) is 0 Å². The second kappa shape index (κ2) is 10.2. The zero-order valence-electron chi connectivity index (χ0n) is 19.1. The van der Waals surface area contributed by atoms with E-state index in [2.05, 4.69) is 28.5 Å². The molecular weight excluding hydrogens is 404 g/mol. The van der Waals surface area contributed by atoms with Crippen LogP contribution in [0.5, 0.6) is 5.88 Å². The van der Waals surface area contributed by atoms with Crippen LogP contribution in [0.15, 0.2) is 48.8 Å². The molecular formula is C24H30N6O2. The van der Waals surface area contributed by atoms with Crippen molar-refractivity contribution in [1.82, 2.24) is 15.0 Å². The number of nitrogens with one attached hydrogen (secondary N) is 1. The van der Waals surface area contributed by atoms with Gasteiger partial charge < -0.3 is 15.0 Å². The fraction of sp³-hybridized carbons (Fsp3) is 0.375. The molecule has 2 aromatic heterocycles. The largest absolute Gasteiger partial charge is 0.481 e. The van der Waals surface area contributed by atoms with Crippen LogP contribution in [0.1, 0.15) is 37.4 Å². The highest BCUT2D eigenvalue weighted by Crippen LogP contribution is 2.31. The average molecular weight is 435 g/mol. The second-order valence-corrected chi connectivity index (χ2v) is 7.93. The predicted molar refractivity (Wildman–Crippen MR) is 127 cm³/mol. The van der Waals surface area contributed by atoms with Crippen LogP contribution in [-0.2, 0) is 17.6 Å². The molecule has 0 bridgehead atoms. The highest BCUT2D eigenvalue weighted by Gasteiger charge is 2.31. The van der Waals surface area contributed by atoms with E-state index in [-0.39, 0.29) is 11.8 Å². The number of carbonyl (C=O) groups is 1. The van der Waals surface area contributed by atoms with Crippen LogP contribution < -0.4 is 15.0 Å². The van der Waals surface area contributed by atoms with Gasteiger partial charge in [0.15, 0.2) is 5.82 Å². The molecule has 2 aromatic rings. The lowest BCUT2D eigenvalue weighted by molar-refractivity contribution is -0.118. The van der Waals surface area contributed by atoms with Crippen molar-refractivity contribution in [3.8, 4) is 5.88 Å². The molecule has 1 aliphatic carbocycles. The minimum absolute atomic E-state index is 0.0300. The van der Waals surface area contributed by atoms with E-state index in [0.717, 1.165) is 36.3 Å². The van der Waals surface area contributed by atoms with Crippen molar-refractivity contribution in [3.05, 3.63) is 60.8 Å². The van der Waals surface area contributed by atoms with Crippen molar-refractivity contribution in [3.63, 3.8) is 0 Å². The Morgan fingerprint density at radius 2 is 2.06 bits per heavy atom. The molecule has 168 valence electrons. The fourth-order valence-electron chi connectivity index (χ4n) is 3.97. The van der Waals surface area contributed by atoms with Crippen molar-refractivity contribution in [2.75, 3.05) is 24.4 Å². The molecule has 0 spiro atoms. The van der Waals surface area contributed by atoms with E-state index in [1.807, 2.05) is 25.8 Å². The third kappa shape index (κ3) is 4.85. The van der Waals surface area contributed by atoms with Crippen molar-refractivity contribution >= 4 is 23.1 Å². The number of nitrogens with zero attached hydrogens (tertiary/aromatic N) is 5. The molecule has 0 aliphatic heterocycles. The van der Waals surface area contributed by atoms with Gasteiger partial charge in [0.05, 0.1) is 19.0 Å². The molecule has 0 saturated carbocycles. The van der Waals surface area contributed by atoms with E-state index >= 15 is 0 Å². The highest BCUT2D eigenvalue weighted by molar-refractivity contribution is 6.06. The average Bonchev–Trinajstić information content (AvgIpc) is 3.25. The van der Waals surface area contributed by atoms with Gasteiger partial charge in [0.2, 0.25) is 11.8 Å². The first-order chi connectivity index (χ1) is 15.4. The molecule has 3 rings (SSSR count). The van der Waals surface area contributed by atoms with Gasteiger partial charge in [-0.2, -0.15) is 0 Å². The number of hydrogen-bond donors (Lipinski definition) is 1. The van der Waals surface area contributed by atoms with Gasteiger partial charge in [0.1, 0.15) is 17.6 Å². The molecule has 1 amide bonds. The number of carbonyl (C=O) groups excluding carboxylic acids is 1. The normalized spacial score (nSPS) is 14.0. The molecule has 0 radical (unpaired) electrons. The standard InChI is InChI=1S/C24H30N6O2/c1-7-18(25-8-2)22-28-19-11-9-10-17(19)23(29-22)30(5)21(15(3)4)24(31)27-16-12-13-20(32-6)26-14-16/h7-8,12-15,21H,1-2,9-11H2,3-6H3,(H,27,31). The van der Waals surface area contributed by atoms with Crippen LogP contribution in [0.2, 0.25) is 0 Å². The summed E-state index contributed by atoms with van der Waals surface area (Å²) < 4.78 is 5.09. The number of rotatable bonds is 9. The molecule has 1 atom stereocenters. The first-order valence-corrected chi connectivity index (χ1v) is 10.6. The molecule has 0 aromatic carbocycles. The number of aryl methyl sites for hydroxylation is 1. The minimum atomic E-state index is -0.451. The number of hydrogen-bond acceptors (Lipinski definition) is 7. The molecule has 0 fully saturated rings. The summed E-state index contributed by atoms with van der Waals surface area (Å²) in [6.07, 6.45) is 7.41. The number of likely N-dealkylation sites (N-methyl/N-ethyl adjacent to an activating group) is 1. The van der Waals surface area contributed by atoms with Gasteiger partial charge >= 0.3 is 0 Å². The maximum absolute atomic E-state index is 13.3. The summed E-state index contributed by atoms with van der Waals surface area (Å²) >= 11 is 0. The number of amides is 1. The van der Waals surface area contributed by atoms with Crippen molar-refractivity contribution < 1.29 is 9.53 Å². The number of aliphatic imine (C=N–C) groups is 1. The third-order valence-corrected chi connectivity index (χ3v) is 5.43. The monoisotopic (exact) mass is 434 g/mol. The Bertz CT molecular complexity index is 1030. The number of aromatic nitrogens is 3. The van der Waals surface area contributed by atoms with Crippen molar-refractivity contribution in [2.45, 2.75) is 39.2 Å². The summed E-state index contributed by atoms with van der Waals surface area (Å²) in [5.74, 6) is 1.63. The van der Waals surface area contributed by atoms with Gasteiger partial charge in [-0.25, -0.2) is 15.0 Å². The third-order valence-electron chi connectivity index (χ3n) is 5.43. The van der Waals surface area contributed by atoms with Crippen molar-refractivity contribution in [1.29, 1.82) is 0 Å². The number of pyridine rings is 1. The summed E-state index contributed by atoms with van der Waals surface area (Å²) in [6.45, 7) is 11.5. The van der Waals surface area contributed by atoms with Crippen molar-refractivity contribution in [2.24, 2.45) is 10.9 Å². The Labute approximate surface area is 189 Å².